The van der Waals surface area contributed by atoms with Gasteiger partial charge in [0.15, 0.2) is 0 Å². The van der Waals surface area contributed by atoms with Crippen LogP contribution in [-0.4, -0.2) is 22.7 Å². The maximum absolute atomic E-state index is 10.4. The Kier molecular flexibility index (Phi) is 4.79. The molecule has 0 spiro atoms. The van der Waals surface area contributed by atoms with Crippen LogP contribution in [0.3, 0.4) is 0 Å². The molecule has 0 saturated carbocycles. The molecule has 1 aromatic carbocycles. The second-order valence-electron chi connectivity index (χ2n) is 3.88. The molecule has 0 radical (unpaired) electrons. The lowest BCUT2D eigenvalue weighted by Gasteiger charge is -2.07. The van der Waals surface area contributed by atoms with Gasteiger partial charge in [-0.1, -0.05) is 11.6 Å². The molecule has 0 atom stereocenters. The van der Waals surface area contributed by atoms with Crippen molar-refractivity contribution in [3.63, 3.8) is 0 Å². The standard InChI is InChI=1S/C14H12ClNO4/c15-10-1-6-13(16-9-10)20-12-4-2-11(3-5-12)19-8-7-14(17)18/h1-6,9H,7-8H2,(H,17,18). The summed E-state index contributed by atoms with van der Waals surface area (Å²) in [5, 5.41) is 9.04. The Morgan fingerprint density at radius 3 is 2.45 bits per heavy atom. The van der Waals surface area contributed by atoms with Crippen LogP contribution in [0.4, 0.5) is 0 Å². The average Bonchev–Trinajstić information content (AvgIpc) is 2.43. The SMILES string of the molecule is O=C(O)CCOc1ccc(Oc2ccc(Cl)cn2)cc1. The topological polar surface area (TPSA) is 68.7 Å². The minimum atomic E-state index is -0.890. The number of carboxylic acid groups (broad SMARTS) is 1. The van der Waals surface area contributed by atoms with Crippen molar-refractivity contribution in [1.29, 1.82) is 0 Å². The maximum Gasteiger partial charge on any atom is 0.306 e. The molecule has 1 heterocycles. The third-order valence-corrected chi connectivity index (χ3v) is 2.55. The highest BCUT2D eigenvalue weighted by Crippen LogP contribution is 2.23. The Balaban J connectivity index is 1.91. The molecule has 104 valence electrons. The Hall–Kier alpha value is -2.27. The Labute approximate surface area is 120 Å². The lowest BCUT2D eigenvalue weighted by molar-refractivity contribution is -0.137. The van der Waals surface area contributed by atoms with Crippen LogP contribution >= 0.6 is 11.6 Å². The second-order valence-corrected chi connectivity index (χ2v) is 4.32. The highest BCUT2D eigenvalue weighted by Gasteiger charge is 2.01. The molecule has 2 rings (SSSR count). The van der Waals surface area contributed by atoms with Crippen molar-refractivity contribution in [2.24, 2.45) is 0 Å². The predicted octanol–water partition coefficient (Wildman–Crippen LogP) is 3.38. The van der Waals surface area contributed by atoms with Gasteiger partial charge < -0.3 is 14.6 Å². The van der Waals surface area contributed by atoms with Gasteiger partial charge in [-0.3, -0.25) is 4.79 Å². The van der Waals surface area contributed by atoms with Crippen LogP contribution in [0.5, 0.6) is 17.4 Å². The lowest BCUT2D eigenvalue weighted by Crippen LogP contribution is -2.04. The van der Waals surface area contributed by atoms with E-state index in [1.165, 1.54) is 6.20 Å². The van der Waals surface area contributed by atoms with Gasteiger partial charge in [-0.05, 0) is 30.3 Å². The first kappa shape index (κ1) is 14.1. The summed E-state index contributed by atoms with van der Waals surface area (Å²) in [5.74, 6) is 0.737. The molecular formula is C14H12ClNO4. The van der Waals surface area contributed by atoms with Gasteiger partial charge in [0.25, 0.3) is 0 Å². The van der Waals surface area contributed by atoms with Crippen LogP contribution in [0.2, 0.25) is 5.02 Å². The number of benzene rings is 1. The second kappa shape index (κ2) is 6.77. The predicted molar refractivity (Wildman–Crippen MR) is 73.5 cm³/mol. The third kappa shape index (κ3) is 4.44. The van der Waals surface area contributed by atoms with E-state index in [2.05, 4.69) is 4.98 Å². The summed E-state index contributed by atoms with van der Waals surface area (Å²) in [4.78, 5) is 14.4. The van der Waals surface area contributed by atoms with Gasteiger partial charge in [-0.2, -0.15) is 0 Å². The number of ether oxygens (including phenoxy) is 2. The third-order valence-electron chi connectivity index (χ3n) is 2.33. The largest absolute Gasteiger partial charge is 0.493 e. The average molecular weight is 294 g/mol. The van der Waals surface area contributed by atoms with E-state index in [-0.39, 0.29) is 13.0 Å². The number of hydrogen-bond donors (Lipinski definition) is 1. The summed E-state index contributed by atoms with van der Waals surface area (Å²) < 4.78 is 10.8. The number of carboxylic acids is 1. The van der Waals surface area contributed by atoms with Crippen molar-refractivity contribution < 1.29 is 19.4 Å². The summed E-state index contributed by atoms with van der Waals surface area (Å²) in [6, 6.07) is 10.2. The van der Waals surface area contributed by atoms with Crippen molar-refractivity contribution in [1.82, 2.24) is 4.98 Å². The fourth-order valence-electron chi connectivity index (χ4n) is 1.40. The summed E-state index contributed by atoms with van der Waals surface area (Å²) in [7, 11) is 0. The van der Waals surface area contributed by atoms with Crippen molar-refractivity contribution in [2.45, 2.75) is 6.42 Å². The zero-order valence-corrected chi connectivity index (χ0v) is 11.2. The van der Waals surface area contributed by atoms with E-state index in [1.54, 1.807) is 36.4 Å². The quantitative estimate of drug-likeness (QED) is 0.884. The number of rotatable bonds is 6. The summed E-state index contributed by atoms with van der Waals surface area (Å²) in [5.41, 5.74) is 0. The zero-order valence-electron chi connectivity index (χ0n) is 10.5. The Morgan fingerprint density at radius 2 is 1.85 bits per heavy atom. The fraction of sp³-hybridized carbons (Fsp3) is 0.143. The smallest absolute Gasteiger partial charge is 0.306 e. The van der Waals surface area contributed by atoms with E-state index in [1.807, 2.05) is 0 Å². The number of aromatic nitrogens is 1. The number of pyridine rings is 1. The van der Waals surface area contributed by atoms with Crippen LogP contribution in [-0.2, 0) is 4.79 Å². The first-order valence-corrected chi connectivity index (χ1v) is 6.25. The molecule has 0 aliphatic rings. The number of halogens is 1. The van der Waals surface area contributed by atoms with Crippen LogP contribution in [0.15, 0.2) is 42.6 Å². The maximum atomic E-state index is 10.4. The molecule has 20 heavy (non-hydrogen) atoms. The molecule has 0 bridgehead atoms. The van der Waals surface area contributed by atoms with Gasteiger partial charge >= 0.3 is 5.97 Å². The fourth-order valence-corrected chi connectivity index (χ4v) is 1.52. The van der Waals surface area contributed by atoms with Crippen molar-refractivity contribution in [3.05, 3.63) is 47.6 Å². The molecule has 0 fully saturated rings. The first-order chi connectivity index (χ1) is 9.63. The van der Waals surface area contributed by atoms with Gasteiger partial charge in [0.2, 0.25) is 5.88 Å². The normalized spacial score (nSPS) is 10.1. The van der Waals surface area contributed by atoms with Crippen LogP contribution in [0, 0.1) is 0 Å². The molecule has 5 nitrogen and oxygen atoms in total. The molecule has 0 saturated heterocycles. The molecule has 0 amide bonds. The monoisotopic (exact) mass is 293 g/mol. The van der Waals surface area contributed by atoms with E-state index in [4.69, 9.17) is 26.2 Å². The van der Waals surface area contributed by atoms with E-state index < -0.39 is 5.97 Å². The van der Waals surface area contributed by atoms with E-state index >= 15 is 0 Å². The van der Waals surface area contributed by atoms with E-state index in [0.717, 1.165) is 0 Å². The molecule has 1 aromatic heterocycles. The van der Waals surface area contributed by atoms with E-state index in [0.29, 0.717) is 22.4 Å². The summed E-state index contributed by atoms with van der Waals surface area (Å²) in [6.45, 7) is 0.133. The number of carbonyl (C=O) groups is 1. The molecule has 1 N–H and O–H groups in total. The van der Waals surface area contributed by atoms with Crippen LogP contribution < -0.4 is 9.47 Å². The Bertz CT molecular complexity index is 569. The van der Waals surface area contributed by atoms with Gasteiger partial charge in [-0.25, -0.2) is 4.98 Å². The minimum absolute atomic E-state index is 0.0348. The number of aliphatic carboxylic acids is 1. The summed E-state index contributed by atoms with van der Waals surface area (Å²) in [6.07, 6.45) is 1.47. The first-order valence-electron chi connectivity index (χ1n) is 5.87. The molecule has 0 unspecified atom stereocenters. The van der Waals surface area contributed by atoms with Gasteiger partial charge in [0.1, 0.15) is 11.5 Å². The summed E-state index contributed by atoms with van der Waals surface area (Å²) >= 11 is 5.73. The van der Waals surface area contributed by atoms with Crippen LogP contribution in [0.25, 0.3) is 0 Å². The molecule has 0 aliphatic heterocycles. The van der Waals surface area contributed by atoms with E-state index in [9.17, 15) is 4.79 Å². The highest BCUT2D eigenvalue weighted by molar-refractivity contribution is 6.30. The minimum Gasteiger partial charge on any atom is -0.493 e. The van der Waals surface area contributed by atoms with Crippen molar-refractivity contribution in [3.8, 4) is 17.4 Å². The van der Waals surface area contributed by atoms with Gasteiger partial charge in [0, 0.05) is 12.3 Å². The molecular weight excluding hydrogens is 282 g/mol. The van der Waals surface area contributed by atoms with Crippen LogP contribution in [0.1, 0.15) is 6.42 Å². The number of nitrogens with zero attached hydrogens (tertiary/aromatic N) is 1. The van der Waals surface area contributed by atoms with Crippen molar-refractivity contribution in [2.75, 3.05) is 6.61 Å². The van der Waals surface area contributed by atoms with Crippen molar-refractivity contribution >= 4 is 17.6 Å². The number of hydrogen-bond acceptors (Lipinski definition) is 4. The molecule has 0 aliphatic carbocycles. The van der Waals surface area contributed by atoms with Gasteiger partial charge in [-0.15, -0.1) is 0 Å². The molecule has 2 aromatic rings. The Morgan fingerprint density at radius 1 is 1.15 bits per heavy atom. The lowest BCUT2D eigenvalue weighted by atomic mass is 10.3. The highest BCUT2D eigenvalue weighted by atomic mass is 35.5. The van der Waals surface area contributed by atoms with Gasteiger partial charge in [0.05, 0.1) is 18.1 Å². The zero-order chi connectivity index (χ0) is 14.4. The molecule has 6 heteroatoms.